The summed E-state index contributed by atoms with van der Waals surface area (Å²) in [5.74, 6) is 0.465. The van der Waals surface area contributed by atoms with Gasteiger partial charge in [0.25, 0.3) is 5.91 Å². The van der Waals surface area contributed by atoms with Crippen LogP contribution in [0, 0.1) is 6.92 Å². The standard InChI is InChI=1S/C27H30N6O/c1-17-16-33-25(30-26(17)19-9-10-21(28)13-19)15-23(31-33)24-6-2-3-12-32(24)27(34)20-8-7-18-5-4-11-29-22(18)14-20/h4-5,7-8,11,14-16,19,21,24H,2-3,6,9-10,12-13,28H2,1H3. The molecule has 7 heteroatoms. The lowest BCUT2D eigenvalue weighted by Crippen LogP contribution is -2.38. The Balaban J connectivity index is 1.33. The fraction of sp³-hybridized carbons (Fsp3) is 0.407. The van der Waals surface area contributed by atoms with Crippen LogP contribution >= 0.6 is 0 Å². The molecule has 6 rings (SSSR count). The molecule has 0 bridgehead atoms. The maximum Gasteiger partial charge on any atom is 0.254 e. The Morgan fingerprint density at radius 1 is 1.12 bits per heavy atom. The average Bonchev–Trinajstić information content (AvgIpc) is 3.48. The summed E-state index contributed by atoms with van der Waals surface area (Å²) >= 11 is 0. The summed E-state index contributed by atoms with van der Waals surface area (Å²) in [7, 11) is 0. The van der Waals surface area contributed by atoms with Crippen molar-refractivity contribution in [1.29, 1.82) is 0 Å². The Kier molecular flexibility index (Phi) is 5.29. The van der Waals surface area contributed by atoms with Crippen molar-refractivity contribution < 1.29 is 4.79 Å². The summed E-state index contributed by atoms with van der Waals surface area (Å²) < 4.78 is 1.88. The molecule has 1 saturated carbocycles. The highest BCUT2D eigenvalue weighted by atomic mass is 16.2. The van der Waals surface area contributed by atoms with E-state index in [1.54, 1.807) is 6.20 Å². The van der Waals surface area contributed by atoms with Crippen LogP contribution in [0.15, 0.2) is 48.8 Å². The molecule has 2 aliphatic rings. The van der Waals surface area contributed by atoms with Gasteiger partial charge in [-0.3, -0.25) is 9.78 Å². The van der Waals surface area contributed by atoms with Gasteiger partial charge in [0.2, 0.25) is 0 Å². The van der Waals surface area contributed by atoms with Gasteiger partial charge in [0.1, 0.15) is 0 Å². The van der Waals surface area contributed by atoms with Crippen LogP contribution in [0.1, 0.15) is 77.8 Å². The number of nitrogens with two attached hydrogens (primary N) is 1. The molecular formula is C27H30N6O. The predicted molar refractivity (Wildman–Crippen MR) is 132 cm³/mol. The number of hydrogen-bond donors (Lipinski definition) is 1. The molecule has 2 fully saturated rings. The normalized spacial score (nSPS) is 23.1. The third-order valence-corrected chi connectivity index (χ3v) is 7.51. The van der Waals surface area contributed by atoms with Crippen LogP contribution in [-0.2, 0) is 0 Å². The SMILES string of the molecule is Cc1cn2nc(C3CCCCN3C(=O)c3ccc4cccnc4c3)cc2nc1C1CCC(N)C1. The van der Waals surface area contributed by atoms with E-state index in [2.05, 4.69) is 24.2 Å². The van der Waals surface area contributed by atoms with E-state index >= 15 is 0 Å². The van der Waals surface area contributed by atoms with E-state index in [0.29, 0.717) is 11.5 Å². The zero-order valence-electron chi connectivity index (χ0n) is 19.5. The summed E-state index contributed by atoms with van der Waals surface area (Å²) in [5.41, 5.74) is 11.7. The summed E-state index contributed by atoms with van der Waals surface area (Å²) in [6.45, 7) is 2.84. The van der Waals surface area contributed by atoms with E-state index in [4.69, 9.17) is 15.8 Å². The number of fused-ring (bicyclic) bond motifs is 2. The zero-order valence-corrected chi connectivity index (χ0v) is 19.5. The highest BCUT2D eigenvalue weighted by Crippen LogP contribution is 2.36. The number of piperidine rings is 1. The van der Waals surface area contributed by atoms with Gasteiger partial charge in [-0.05, 0) is 69.2 Å². The van der Waals surface area contributed by atoms with E-state index in [9.17, 15) is 4.79 Å². The minimum atomic E-state index is -0.0500. The fourth-order valence-electron chi connectivity index (χ4n) is 5.73. The molecule has 1 saturated heterocycles. The van der Waals surface area contributed by atoms with Crippen LogP contribution in [0.4, 0.5) is 0 Å². The third-order valence-electron chi connectivity index (χ3n) is 7.51. The minimum absolute atomic E-state index is 0.0408. The third kappa shape index (κ3) is 3.74. The molecular weight excluding hydrogens is 424 g/mol. The van der Waals surface area contributed by atoms with Crippen molar-refractivity contribution >= 4 is 22.5 Å². The number of likely N-dealkylation sites (tertiary alicyclic amines) is 1. The maximum absolute atomic E-state index is 13.6. The molecule has 1 aromatic carbocycles. The Labute approximate surface area is 199 Å². The molecule has 7 nitrogen and oxygen atoms in total. The lowest BCUT2D eigenvalue weighted by atomic mass is 9.98. The fourth-order valence-corrected chi connectivity index (χ4v) is 5.73. The number of hydrogen-bond acceptors (Lipinski definition) is 5. The second kappa shape index (κ2) is 8.47. The lowest BCUT2D eigenvalue weighted by molar-refractivity contribution is 0.0606. The van der Waals surface area contributed by atoms with Crippen molar-refractivity contribution in [3.63, 3.8) is 0 Å². The van der Waals surface area contributed by atoms with Gasteiger partial charge >= 0.3 is 0 Å². The highest BCUT2D eigenvalue weighted by Gasteiger charge is 2.31. The van der Waals surface area contributed by atoms with Crippen molar-refractivity contribution in [2.45, 2.75) is 63.5 Å². The second-order valence-electron chi connectivity index (χ2n) is 9.87. The number of rotatable bonds is 3. The van der Waals surface area contributed by atoms with E-state index in [-0.39, 0.29) is 18.0 Å². The first kappa shape index (κ1) is 21.2. The molecule has 1 amide bonds. The molecule has 2 N–H and O–H groups in total. The van der Waals surface area contributed by atoms with Gasteiger partial charge in [-0.2, -0.15) is 5.10 Å². The summed E-state index contributed by atoms with van der Waals surface area (Å²) in [6, 6.07) is 12.0. The summed E-state index contributed by atoms with van der Waals surface area (Å²) in [5, 5.41) is 5.92. The molecule has 4 aromatic rings. The van der Waals surface area contributed by atoms with Gasteiger partial charge < -0.3 is 10.6 Å². The van der Waals surface area contributed by atoms with Crippen molar-refractivity contribution in [1.82, 2.24) is 24.5 Å². The first-order chi connectivity index (χ1) is 16.6. The molecule has 1 aliphatic heterocycles. The number of nitrogens with zero attached hydrogens (tertiary/aromatic N) is 5. The molecule has 0 spiro atoms. The first-order valence-corrected chi connectivity index (χ1v) is 12.3. The number of aromatic nitrogens is 4. The average molecular weight is 455 g/mol. The number of pyridine rings is 1. The number of aryl methyl sites for hydroxylation is 1. The molecule has 4 heterocycles. The number of carbonyl (C=O) groups is 1. The molecule has 3 unspecified atom stereocenters. The molecule has 3 aromatic heterocycles. The molecule has 1 aliphatic carbocycles. The molecule has 3 atom stereocenters. The molecule has 34 heavy (non-hydrogen) atoms. The summed E-state index contributed by atoms with van der Waals surface area (Å²) in [6.07, 6.45) is 9.99. The van der Waals surface area contributed by atoms with Crippen LogP contribution in [-0.4, -0.2) is 43.0 Å². The van der Waals surface area contributed by atoms with Gasteiger partial charge in [-0.15, -0.1) is 0 Å². The van der Waals surface area contributed by atoms with Crippen molar-refractivity contribution in [3.05, 3.63) is 71.3 Å². The van der Waals surface area contributed by atoms with Crippen LogP contribution in [0.2, 0.25) is 0 Å². The van der Waals surface area contributed by atoms with Crippen LogP contribution in [0.5, 0.6) is 0 Å². The monoisotopic (exact) mass is 454 g/mol. The molecule has 0 radical (unpaired) electrons. The van der Waals surface area contributed by atoms with E-state index < -0.39 is 0 Å². The smallest absolute Gasteiger partial charge is 0.254 e. The first-order valence-electron chi connectivity index (χ1n) is 12.3. The van der Waals surface area contributed by atoms with Gasteiger partial charge in [-0.1, -0.05) is 12.1 Å². The van der Waals surface area contributed by atoms with Gasteiger partial charge in [0.15, 0.2) is 5.65 Å². The minimum Gasteiger partial charge on any atom is -0.330 e. The quantitative estimate of drug-likeness (QED) is 0.491. The van der Waals surface area contributed by atoms with E-state index in [1.807, 2.05) is 39.7 Å². The van der Waals surface area contributed by atoms with Gasteiger partial charge in [-0.25, -0.2) is 9.50 Å². The van der Waals surface area contributed by atoms with E-state index in [0.717, 1.165) is 78.6 Å². The highest BCUT2D eigenvalue weighted by molar-refractivity contribution is 5.98. The largest absolute Gasteiger partial charge is 0.330 e. The number of carbonyl (C=O) groups excluding carboxylic acids is 1. The Morgan fingerprint density at radius 2 is 2.03 bits per heavy atom. The molecule has 174 valence electrons. The maximum atomic E-state index is 13.6. The van der Waals surface area contributed by atoms with Gasteiger partial charge in [0.05, 0.1) is 22.9 Å². The topological polar surface area (TPSA) is 89.4 Å². The van der Waals surface area contributed by atoms with Crippen LogP contribution in [0.3, 0.4) is 0 Å². The predicted octanol–water partition coefficient (Wildman–Crippen LogP) is 4.55. The van der Waals surface area contributed by atoms with Crippen LogP contribution < -0.4 is 5.73 Å². The van der Waals surface area contributed by atoms with Crippen molar-refractivity contribution in [3.8, 4) is 0 Å². The number of benzene rings is 1. The second-order valence-corrected chi connectivity index (χ2v) is 9.87. The Hall–Kier alpha value is -3.32. The zero-order chi connectivity index (χ0) is 23.2. The summed E-state index contributed by atoms with van der Waals surface area (Å²) in [4.78, 5) is 25.0. The van der Waals surface area contributed by atoms with Crippen molar-refractivity contribution in [2.24, 2.45) is 5.73 Å². The van der Waals surface area contributed by atoms with Crippen molar-refractivity contribution in [2.75, 3.05) is 6.54 Å². The van der Waals surface area contributed by atoms with E-state index in [1.165, 1.54) is 0 Å². The Bertz CT molecular complexity index is 1380. The van der Waals surface area contributed by atoms with Crippen LogP contribution in [0.25, 0.3) is 16.6 Å². The van der Waals surface area contributed by atoms with Gasteiger partial charge in [0, 0.05) is 47.9 Å². The number of amides is 1. The lowest BCUT2D eigenvalue weighted by Gasteiger charge is -2.34. The Morgan fingerprint density at radius 3 is 2.88 bits per heavy atom.